The number of hydrogen-bond acceptors (Lipinski definition) is 5. The van der Waals surface area contributed by atoms with Crippen molar-refractivity contribution in [2.24, 2.45) is 0 Å². The Labute approximate surface area is 121 Å². The van der Waals surface area contributed by atoms with Crippen LogP contribution in [0.1, 0.15) is 0 Å². The standard InChI is InChI=1S/C13H8BrFN4O/c14-11-2-1-8(15)4-10(11)12-18-13(20-19-12)7-3-9(16)6-17-5-7/h1-6H,16H2. The lowest BCUT2D eigenvalue weighted by molar-refractivity contribution is 0.432. The number of nitrogens with two attached hydrogens (primary N) is 1. The maximum absolute atomic E-state index is 13.3. The largest absolute Gasteiger partial charge is 0.397 e. The fourth-order valence-corrected chi connectivity index (χ4v) is 2.12. The van der Waals surface area contributed by atoms with Crippen molar-refractivity contribution >= 4 is 21.6 Å². The predicted octanol–water partition coefficient (Wildman–Crippen LogP) is 3.28. The van der Waals surface area contributed by atoms with E-state index in [1.54, 1.807) is 18.3 Å². The van der Waals surface area contributed by atoms with Crippen LogP contribution in [0.15, 0.2) is 45.7 Å². The van der Waals surface area contributed by atoms with E-state index in [4.69, 9.17) is 10.3 Å². The Morgan fingerprint density at radius 3 is 2.85 bits per heavy atom. The molecule has 7 heteroatoms. The van der Waals surface area contributed by atoms with Gasteiger partial charge in [-0.05, 0) is 24.3 Å². The quantitative estimate of drug-likeness (QED) is 0.778. The molecule has 0 aliphatic rings. The summed E-state index contributed by atoms with van der Waals surface area (Å²) in [6, 6.07) is 5.93. The van der Waals surface area contributed by atoms with E-state index in [9.17, 15) is 4.39 Å². The summed E-state index contributed by atoms with van der Waals surface area (Å²) in [6.07, 6.45) is 3.08. The molecule has 0 unspecified atom stereocenters. The van der Waals surface area contributed by atoms with Gasteiger partial charge in [-0.1, -0.05) is 21.1 Å². The van der Waals surface area contributed by atoms with Crippen molar-refractivity contribution in [3.05, 3.63) is 46.9 Å². The molecule has 2 heterocycles. The Balaban J connectivity index is 2.04. The molecule has 0 bridgehead atoms. The summed E-state index contributed by atoms with van der Waals surface area (Å²) in [5.41, 5.74) is 7.26. The molecule has 0 radical (unpaired) electrons. The number of hydrogen-bond donors (Lipinski definition) is 1. The molecule has 2 N–H and O–H groups in total. The second kappa shape index (κ2) is 5.01. The van der Waals surface area contributed by atoms with Crippen LogP contribution in [0.25, 0.3) is 22.8 Å². The van der Waals surface area contributed by atoms with Gasteiger partial charge in [0.2, 0.25) is 5.82 Å². The first-order chi connectivity index (χ1) is 9.63. The minimum absolute atomic E-state index is 0.274. The van der Waals surface area contributed by atoms with Crippen molar-refractivity contribution in [1.82, 2.24) is 15.1 Å². The van der Waals surface area contributed by atoms with Gasteiger partial charge in [0, 0.05) is 22.4 Å². The van der Waals surface area contributed by atoms with Gasteiger partial charge in [0.15, 0.2) is 0 Å². The predicted molar refractivity (Wildman–Crippen MR) is 75.0 cm³/mol. The summed E-state index contributed by atoms with van der Waals surface area (Å²) in [4.78, 5) is 8.18. The third kappa shape index (κ3) is 2.39. The zero-order chi connectivity index (χ0) is 14.1. The number of anilines is 1. The van der Waals surface area contributed by atoms with E-state index in [2.05, 4.69) is 31.1 Å². The molecule has 5 nitrogen and oxygen atoms in total. The molecule has 2 aromatic heterocycles. The van der Waals surface area contributed by atoms with Gasteiger partial charge in [-0.2, -0.15) is 4.98 Å². The molecular formula is C13H8BrFN4O. The highest BCUT2D eigenvalue weighted by atomic mass is 79.9. The maximum Gasteiger partial charge on any atom is 0.259 e. The number of aromatic nitrogens is 3. The topological polar surface area (TPSA) is 77.8 Å². The third-order valence-corrected chi connectivity index (χ3v) is 3.29. The molecule has 0 saturated carbocycles. The summed E-state index contributed by atoms with van der Waals surface area (Å²) < 4.78 is 19.1. The molecule has 100 valence electrons. The van der Waals surface area contributed by atoms with Crippen LogP contribution in [0.2, 0.25) is 0 Å². The van der Waals surface area contributed by atoms with Crippen LogP contribution >= 0.6 is 15.9 Å². The number of benzene rings is 1. The molecule has 0 spiro atoms. The maximum atomic E-state index is 13.3. The Kier molecular flexibility index (Phi) is 3.19. The number of rotatable bonds is 2. The molecule has 0 aliphatic heterocycles. The van der Waals surface area contributed by atoms with Crippen molar-refractivity contribution in [2.45, 2.75) is 0 Å². The second-order valence-electron chi connectivity index (χ2n) is 4.05. The lowest BCUT2D eigenvalue weighted by Gasteiger charge is -1.98. The first-order valence-corrected chi connectivity index (χ1v) is 6.43. The highest BCUT2D eigenvalue weighted by molar-refractivity contribution is 9.10. The Hall–Kier alpha value is -2.28. The summed E-state index contributed by atoms with van der Waals surface area (Å²) in [5, 5.41) is 3.84. The number of pyridine rings is 1. The number of halogens is 2. The van der Waals surface area contributed by atoms with Gasteiger partial charge in [-0.3, -0.25) is 4.98 Å². The first kappa shape index (κ1) is 12.7. The summed E-state index contributed by atoms with van der Waals surface area (Å²) in [5.74, 6) is 0.185. The Morgan fingerprint density at radius 2 is 2.05 bits per heavy atom. The van der Waals surface area contributed by atoms with Crippen molar-refractivity contribution in [3.63, 3.8) is 0 Å². The first-order valence-electron chi connectivity index (χ1n) is 5.63. The number of nitrogens with zero attached hydrogens (tertiary/aromatic N) is 3. The van der Waals surface area contributed by atoms with E-state index >= 15 is 0 Å². The van der Waals surface area contributed by atoms with Gasteiger partial charge in [0.25, 0.3) is 5.89 Å². The molecule has 0 amide bonds. The van der Waals surface area contributed by atoms with Crippen LogP contribution < -0.4 is 5.73 Å². The molecule has 3 aromatic rings. The third-order valence-electron chi connectivity index (χ3n) is 2.60. The minimum Gasteiger partial charge on any atom is -0.397 e. The van der Waals surface area contributed by atoms with Crippen LogP contribution in [0.5, 0.6) is 0 Å². The van der Waals surface area contributed by atoms with Crippen LogP contribution in [-0.2, 0) is 0 Å². The van der Waals surface area contributed by atoms with Gasteiger partial charge in [-0.25, -0.2) is 4.39 Å². The number of nitrogen functional groups attached to an aromatic ring is 1. The second-order valence-corrected chi connectivity index (χ2v) is 4.91. The minimum atomic E-state index is -0.375. The van der Waals surface area contributed by atoms with Gasteiger partial charge < -0.3 is 10.3 Å². The smallest absolute Gasteiger partial charge is 0.259 e. The Morgan fingerprint density at radius 1 is 1.20 bits per heavy atom. The van der Waals surface area contributed by atoms with Gasteiger partial charge in [-0.15, -0.1) is 0 Å². The zero-order valence-corrected chi connectivity index (χ0v) is 11.6. The highest BCUT2D eigenvalue weighted by Crippen LogP contribution is 2.28. The molecular weight excluding hydrogens is 327 g/mol. The van der Waals surface area contributed by atoms with Crippen LogP contribution in [-0.4, -0.2) is 15.1 Å². The van der Waals surface area contributed by atoms with Gasteiger partial charge in [0.05, 0.1) is 11.3 Å². The Bertz CT molecular complexity index is 775. The van der Waals surface area contributed by atoms with Crippen LogP contribution in [0, 0.1) is 5.82 Å². The molecule has 1 aromatic carbocycles. The fourth-order valence-electron chi connectivity index (χ4n) is 1.69. The van der Waals surface area contributed by atoms with E-state index in [1.807, 2.05) is 0 Å². The van der Waals surface area contributed by atoms with Crippen molar-refractivity contribution < 1.29 is 8.91 Å². The van der Waals surface area contributed by atoms with E-state index in [0.717, 1.165) is 0 Å². The molecule has 0 fully saturated rings. The summed E-state index contributed by atoms with van der Waals surface area (Å²) >= 11 is 3.32. The molecule has 0 aliphatic carbocycles. The average molecular weight is 335 g/mol. The normalized spacial score (nSPS) is 10.7. The SMILES string of the molecule is Nc1cncc(-c2nc(-c3cc(F)ccc3Br)no2)c1. The van der Waals surface area contributed by atoms with E-state index < -0.39 is 0 Å². The monoisotopic (exact) mass is 334 g/mol. The fraction of sp³-hybridized carbons (Fsp3) is 0. The average Bonchev–Trinajstić information content (AvgIpc) is 2.91. The van der Waals surface area contributed by atoms with Crippen LogP contribution in [0.4, 0.5) is 10.1 Å². The lowest BCUT2D eigenvalue weighted by atomic mass is 10.2. The van der Waals surface area contributed by atoms with Crippen molar-refractivity contribution in [2.75, 3.05) is 5.73 Å². The molecule has 0 atom stereocenters. The van der Waals surface area contributed by atoms with E-state index in [-0.39, 0.29) is 17.5 Å². The van der Waals surface area contributed by atoms with Crippen molar-refractivity contribution in [3.8, 4) is 22.8 Å². The summed E-state index contributed by atoms with van der Waals surface area (Å²) in [7, 11) is 0. The van der Waals surface area contributed by atoms with Crippen molar-refractivity contribution in [1.29, 1.82) is 0 Å². The summed E-state index contributed by atoms with van der Waals surface area (Å²) in [6.45, 7) is 0. The highest BCUT2D eigenvalue weighted by Gasteiger charge is 2.14. The van der Waals surface area contributed by atoms with Gasteiger partial charge >= 0.3 is 0 Å². The van der Waals surface area contributed by atoms with E-state index in [0.29, 0.717) is 21.3 Å². The molecule has 20 heavy (non-hydrogen) atoms. The molecule has 0 saturated heterocycles. The lowest BCUT2D eigenvalue weighted by Crippen LogP contribution is -1.88. The molecule has 3 rings (SSSR count). The van der Waals surface area contributed by atoms with Gasteiger partial charge in [0.1, 0.15) is 5.82 Å². The van der Waals surface area contributed by atoms with E-state index in [1.165, 1.54) is 18.3 Å². The van der Waals surface area contributed by atoms with Crippen LogP contribution in [0.3, 0.4) is 0 Å². The zero-order valence-electron chi connectivity index (χ0n) is 10.0.